The van der Waals surface area contributed by atoms with Crippen LogP contribution in [0.15, 0.2) is 53.6 Å². The van der Waals surface area contributed by atoms with Crippen molar-refractivity contribution in [3.63, 3.8) is 0 Å². The van der Waals surface area contributed by atoms with Crippen LogP contribution in [0.3, 0.4) is 0 Å². The zero-order valence-corrected chi connectivity index (χ0v) is 13.5. The van der Waals surface area contributed by atoms with Gasteiger partial charge in [0.25, 0.3) is 0 Å². The van der Waals surface area contributed by atoms with Gasteiger partial charge < -0.3 is 10.6 Å². The lowest BCUT2D eigenvalue weighted by atomic mass is 9.93. The van der Waals surface area contributed by atoms with E-state index in [1.165, 1.54) is 5.56 Å². The summed E-state index contributed by atoms with van der Waals surface area (Å²) in [7, 11) is 0. The Kier molecular flexibility index (Phi) is 3.69. The van der Waals surface area contributed by atoms with E-state index in [-0.39, 0.29) is 17.9 Å². The molecule has 122 valence electrons. The molecule has 4 rings (SSSR count). The summed E-state index contributed by atoms with van der Waals surface area (Å²) < 4.78 is 0. The summed E-state index contributed by atoms with van der Waals surface area (Å²) in [6.45, 7) is 2.87. The van der Waals surface area contributed by atoms with Crippen LogP contribution in [-0.2, 0) is 4.79 Å². The third-order valence-electron chi connectivity index (χ3n) is 4.60. The molecule has 0 saturated carbocycles. The number of anilines is 2. The van der Waals surface area contributed by atoms with E-state index < -0.39 is 0 Å². The molecule has 2 aromatic carbocycles. The van der Waals surface area contributed by atoms with Crippen LogP contribution >= 0.6 is 0 Å². The Morgan fingerprint density at radius 2 is 1.92 bits per heavy atom. The van der Waals surface area contributed by atoms with E-state index >= 15 is 0 Å². The van der Waals surface area contributed by atoms with E-state index in [4.69, 9.17) is 0 Å². The highest BCUT2D eigenvalue weighted by Gasteiger charge is 2.24. The summed E-state index contributed by atoms with van der Waals surface area (Å²) in [5, 5.41) is 11.3. The number of nitrogens with one attached hydrogen (secondary N) is 3. The first-order valence-corrected chi connectivity index (χ1v) is 8.27. The molecule has 2 aromatic rings. The first-order chi connectivity index (χ1) is 11.7. The van der Waals surface area contributed by atoms with Crippen LogP contribution < -0.4 is 16.1 Å². The van der Waals surface area contributed by atoms with E-state index in [1.54, 1.807) is 0 Å². The van der Waals surface area contributed by atoms with E-state index in [9.17, 15) is 4.79 Å². The van der Waals surface area contributed by atoms with Crippen LogP contribution in [0.5, 0.6) is 0 Å². The zero-order chi connectivity index (χ0) is 16.5. The summed E-state index contributed by atoms with van der Waals surface area (Å²) >= 11 is 0. The second-order valence-corrected chi connectivity index (χ2v) is 6.39. The quantitative estimate of drug-likeness (QED) is 0.796. The van der Waals surface area contributed by atoms with Gasteiger partial charge in [-0.1, -0.05) is 43.3 Å². The molecule has 0 aromatic heterocycles. The Labute approximate surface area is 141 Å². The Balaban J connectivity index is 1.59. The molecule has 2 atom stereocenters. The number of fused-ring (bicyclic) bond motifs is 1. The highest BCUT2D eigenvalue weighted by Crippen LogP contribution is 2.33. The van der Waals surface area contributed by atoms with Crippen molar-refractivity contribution in [1.29, 1.82) is 0 Å². The number of amides is 1. The van der Waals surface area contributed by atoms with Crippen molar-refractivity contribution in [2.75, 3.05) is 17.2 Å². The van der Waals surface area contributed by atoms with Crippen molar-refractivity contribution in [1.82, 2.24) is 5.43 Å². The standard InChI is InChI=1S/C19H20N4O/c1-12-9-18(24)22-23-19(12)14-7-8-15-16(10-14)20-11-17(21-15)13-5-3-2-4-6-13/h2-8,10,12,17,20-21H,9,11H2,1H3,(H,22,24). The lowest BCUT2D eigenvalue weighted by Gasteiger charge is -2.29. The van der Waals surface area contributed by atoms with Gasteiger partial charge in [-0.15, -0.1) is 0 Å². The van der Waals surface area contributed by atoms with Gasteiger partial charge in [-0.25, -0.2) is 5.43 Å². The Morgan fingerprint density at radius 3 is 2.71 bits per heavy atom. The predicted molar refractivity (Wildman–Crippen MR) is 96.2 cm³/mol. The number of hydrazone groups is 1. The molecular weight excluding hydrogens is 300 g/mol. The van der Waals surface area contributed by atoms with E-state index in [0.29, 0.717) is 6.42 Å². The number of benzene rings is 2. The number of hydrogen-bond acceptors (Lipinski definition) is 4. The summed E-state index contributed by atoms with van der Waals surface area (Å²) in [4.78, 5) is 11.4. The molecule has 5 nitrogen and oxygen atoms in total. The molecular formula is C19H20N4O. The fourth-order valence-electron chi connectivity index (χ4n) is 3.32. The van der Waals surface area contributed by atoms with Gasteiger partial charge in [0.15, 0.2) is 0 Å². The largest absolute Gasteiger partial charge is 0.381 e. The third-order valence-corrected chi connectivity index (χ3v) is 4.60. The smallest absolute Gasteiger partial charge is 0.240 e. The molecule has 3 N–H and O–H groups in total. The van der Waals surface area contributed by atoms with Crippen LogP contribution in [0.25, 0.3) is 0 Å². The van der Waals surface area contributed by atoms with Crippen molar-refractivity contribution in [2.45, 2.75) is 19.4 Å². The lowest BCUT2D eigenvalue weighted by molar-refractivity contribution is -0.121. The average molecular weight is 320 g/mol. The summed E-state index contributed by atoms with van der Waals surface area (Å²) in [6, 6.07) is 16.9. The lowest BCUT2D eigenvalue weighted by Crippen LogP contribution is -2.32. The van der Waals surface area contributed by atoms with Gasteiger partial charge in [0.1, 0.15) is 0 Å². The van der Waals surface area contributed by atoms with Gasteiger partial charge >= 0.3 is 0 Å². The first-order valence-electron chi connectivity index (χ1n) is 8.27. The molecule has 2 aliphatic heterocycles. The predicted octanol–water partition coefficient (Wildman–Crippen LogP) is 3.13. The second kappa shape index (κ2) is 6.00. The summed E-state index contributed by atoms with van der Waals surface area (Å²) in [5.74, 6) is 0.111. The van der Waals surface area contributed by atoms with Crippen molar-refractivity contribution in [2.24, 2.45) is 11.0 Å². The van der Waals surface area contributed by atoms with Gasteiger partial charge in [-0.3, -0.25) is 4.79 Å². The van der Waals surface area contributed by atoms with Crippen LogP contribution in [0, 0.1) is 5.92 Å². The third kappa shape index (κ3) is 2.73. The van der Waals surface area contributed by atoms with Crippen molar-refractivity contribution in [3.05, 3.63) is 59.7 Å². The number of carbonyl (C=O) groups is 1. The Hall–Kier alpha value is -2.82. The normalized spacial score (nSPS) is 22.5. The number of hydrogen-bond donors (Lipinski definition) is 3. The molecule has 0 bridgehead atoms. The maximum Gasteiger partial charge on any atom is 0.240 e. The fraction of sp³-hybridized carbons (Fsp3) is 0.263. The monoisotopic (exact) mass is 320 g/mol. The molecule has 0 spiro atoms. The number of nitrogens with zero attached hydrogens (tertiary/aromatic N) is 1. The molecule has 0 aliphatic carbocycles. The highest BCUT2D eigenvalue weighted by molar-refractivity contribution is 6.06. The molecule has 5 heteroatoms. The average Bonchev–Trinajstić information content (AvgIpc) is 2.62. The molecule has 2 aliphatic rings. The van der Waals surface area contributed by atoms with Gasteiger partial charge in [-0.05, 0) is 17.7 Å². The van der Waals surface area contributed by atoms with Crippen molar-refractivity contribution < 1.29 is 4.79 Å². The van der Waals surface area contributed by atoms with Gasteiger partial charge in [0.05, 0.1) is 23.1 Å². The van der Waals surface area contributed by atoms with Crippen LogP contribution in [0.2, 0.25) is 0 Å². The minimum absolute atomic E-state index is 0.0188. The van der Waals surface area contributed by atoms with E-state index in [0.717, 1.165) is 29.2 Å². The Morgan fingerprint density at radius 1 is 1.08 bits per heavy atom. The Bertz CT molecular complexity index is 800. The van der Waals surface area contributed by atoms with Crippen LogP contribution in [0.1, 0.15) is 30.5 Å². The van der Waals surface area contributed by atoms with Crippen molar-refractivity contribution >= 4 is 23.0 Å². The second-order valence-electron chi connectivity index (χ2n) is 6.39. The SMILES string of the molecule is CC1CC(=O)NN=C1c1ccc2c(c1)NCC(c1ccccc1)N2. The van der Waals surface area contributed by atoms with E-state index in [1.807, 2.05) is 13.0 Å². The highest BCUT2D eigenvalue weighted by atomic mass is 16.2. The molecule has 0 saturated heterocycles. The van der Waals surface area contributed by atoms with Gasteiger partial charge in [0, 0.05) is 24.4 Å². The maximum atomic E-state index is 11.4. The minimum Gasteiger partial charge on any atom is -0.381 e. The molecule has 2 unspecified atom stereocenters. The number of rotatable bonds is 2. The first kappa shape index (κ1) is 14.8. The van der Waals surface area contributed by atoms with Gasteiger partial charge in [0.2, 0.25) is 5.91 Å². The molecule has 1 amide bonds. The van der Waals surface area contributed by atoms with Crippen LogP contribution in [0.4, 0.5) is 11.4 Å². The molecule has 24 heavy (non-hydrogen) atoms. The fourth-order valence-corrected chi connectivity index (χ4v) is 3.32. The molecule has 0 radical (unpaired) electrons. The maximum absolute atomic E-state index is 11.4. The topological polar surface area (TPSA) is 65.5 Å². The summed E-state index contributed by atoms with van der Waals surface area (Å²) in [5.41, 5.74) is 8.00. The minimum atomic E-state index is -0.0188. The van der Waals surface area contributed by atoms with Crippen LogP contribution in [-0.4, -0.2) is 18.2 Å². The molecule has 0 fully saturated rings. The number of carbonyl (C=O) groups excluding carboxylic acids is 1. The zero-order valence-electron chi connectivity index (χ0n) is 13.5. The van der Waals surface area contributed by atoms with Gasteiger partial charge in [-0.2, -0.15) is 5.10 Å². The summed E-state index contributed by atoms with van der Waals surface area (Å²) in [6.07, 6.45) is 0.484. The van der Waals surface area contributed by atoms with Crippen molar-refractivity contribution in [3.8, 4) is 0 Å². The molecule has 2 heterocycles. The van der Waals surface area contributed by atoms with E-state index in [2.05, 4.69) is 63.6 Å².